The Kier molecular flexibility index (Phi) is 5.51. The molecule has 0 radical (unpaired) electrons. The summed E-state index contributed by atoms with van der Waals surface area (Å²) in [6, 6.07) is 8.01. The number of halogens is 2. The van der Waals surface area contributed by atoms with Crippen molar-refractivity contribution in [2.24, 2.45) is 0 Å². The number of ether oxygens (including phenoxy) is 2. The van der Waals surface area contributed by atoms with E-state index in [4.69, 9.17) is 9.47 Å². The summed E-state index contributed by atoms with van der Waals surface area (Å²) in [4.78, 5) is 14.2. The van der Waals surface area contributed by atoms with Crippen molar-refractivity contribution < 1.29 is 23.0 Å². The molecule has 1 aliphatic rings. The average molecular weight is 380 g/mol. The number of anilines is 1. The highest BCUT2D eigenvalue weighted by atomic mass is 32.2. The van der Waals surface area contributed by atoms with Crippen molar-refractivity contribution in [3.63, 3.8) is 0 Å². The summed E-state index contributed by atoms with van der Waals surface area (Å²) in [5.41, 5.74) is 0.786. The Morgan fingerprint density at radius 3 is 2.46 bits per heavy atom. The van der Waals surface area contributed by atoms with Crippen LogP contribution in [-0.4, -0.2) is 37.4 Å². The first-order chi connectivity index (χ1) is 12.5. The molecule has 1 heterocycles. The maximum Gasteiger partial charge on any atom is 0.323 e. The second-order valence-electron chi connectivity index (χ2n) is 5.62. The number of carbonyl (C=O) groups excluding carboxylic acids is 1. The van der Waals surface area contributed by atoms with Gasteiger partial charge >= 0.3 is 6.03 Å². The number of hydrogen-bond acceptors (Lipinski definition) is 4. The lowest BCUT2D eigenvalue weighted by atomic mass is 10.2. The minimum atomic E-state index is -0.815. The highest BCUT2D eigenvalue weighted by Gasteiger charge is 2.31. The quantitative estimate of drug-likeness (QED) is 0.861. The first-order valence-electron chi connectivity index (χ1n) is 7.89. The molecule has 2 amide bonds. The smallest absolute Gasteiger partial charge is 0.323 e. The molecular formula is C18H18F2N2O3S. The van der Waals surface area contributed by atoms with Gasteiger partial charge in [-0.25, -0.2) is 13.6 Å². The van der Waals surface area contributed by atoms with Gasteiger partial charge in [-0.05, 0) is 29.8 Å². The number of methoxy groups -OCH3 is 2. The zero-order valence-electron chi connectivity index (χ0n) is 14.3. The minimum absolute atomic E-state index is 0.0599. The summed E-state index contributed by atoms with van der Waals surface area (Å²) in [7, 11) is 3.12. The topological polar surface area (TPSA) is 50.8 Å². The Balaban J connectivity index is 1.82. The van der Waals surface area contributed by atoms with Crippen molar-refractivity contribution in [2.45, 2.75) is 5.37 Å². The van der Waals surface area contributed by atoms with Gasteiger partial charge in [0.05, 0.1) is 19.9 Å². The second kappa shape index (κ2) is 7.82. The van der Waals surface area contributed by atoms with Gasteiger partial charge < -0.3 is 19.7 Å². The highest BCUT2D eigenvalue weighted by molar-refractivity contribution is 7.99. The Morgan fingerprint density at radius 2 is 1.85 bits per heavy atom. The maximum absolute atomic E-state index is 13.8. The molecule has 1 atom stereocenters. The summed E-state index contributed by atoms with van der Waals surface area (Å²) in [5.74, 6) is 0.473. The number of urea groups is 1. The van der Waals surface area contributed by atoms with Crippen molar-refractivity contribution in [3.05, 3.63) is 53.6 Å². The van der Waals surface area contributed by atoms with Crippen LogP contribution in [0.15, 0.2) is 36.4 Å². The van der Waals surface area contributed by atoms with E-state index in [9.17, 15) is 13.6 Å². The predicted molar refractivity (Wildman–Crippen MR) is 96.8 cm³/mol. The zero-order chi connectivity index (χ0) is 18.7. The molecule has 3 rings (SSSR count). The molecule has 26 heavy (non-hydrogen) atoms. The van der Waals surface area contributed by atoms with Crippen LogP contribution in [0.2, 0.25) is 0 Å². The van der Waals surface area contributed by atoms with E-state index in [0.29, 0.717) is 18.0 Å². The van der Waals surface area contributed by atoms with Crippen LogP contribution in [0.3, 0.4) is 0 Å². The van der Waals surface area contributed by atoms with Crippen molar-refractivity contribution in [2.75, 3.05) is 31.8 Å². The van der Waals surface area contributed by atoms with Crippen LogP contribution in [-0.2, 0) is 0 Å². The molecule has 1 aliphatic heterocycles. The van der Waals surface area contributed by atoms with Crippen molar-refractivity contribution in [1.82, 2.24) is 4.90 Å². The molecule has 2 aromatic rings. The number of thioether (sulfide) groups is 1. The Labute approximate surface area is 154 Å². The molecule has 0 aliphatic carbocycles. The van der Waals surface area contributed by atoms with E-state index in [1.54, 1.807) is 36.9 Å². The fraction of sp³-hybridized carbons (Fsp3) is 0.278. The molecule has 0 saturated carbocycles. The first-order valence-corrected chi connectivity index (χ1v) is 8.94. The lowest BCUT2D eigenvalue weighted by Gasteiger charge is -2.25. The molecule has 1 fully saturated rings. The van der Waals surface area contributed by atoms with Crippen LogP contribution in [0.4, 0.5) is 19.3 Å². The summed E-state index contributed by atoms with van der Waals surface area (Å²) >= 11 is 1.59. The first kappa shape index (κ1) is 18.3. The van der Waals surface area contributed by atoms with Crippen LogP contribution >= 0.6 is 11.8 Å². The lowest BCUT2D eigenvalue weighted by Crippen LogP contribution is -2.34. The summed E-state index contributed by atoms with van der Waals surface area (Å²) in [5, 5.41) is 2.24. The van der Waals surface area contributed by atoms with Crippen LogP contribution < -0.4 is 14.8 Å². The van der Waals surface area contributed by atoms with Crippen molar-refractivity contribution in [1.29, 1.82) is 0 Å². The minimum Gasteiger partial charge on any atom is -0.497 e. The Morgan fingerprint density at radius 1 is 1.15 bits per heavy atom. The van der Waals surface area contributed by atoms with Gasteiger partial charge in [0.2, 0.25) is 0 Å². The predicted octanol–water partition coefficient (Wildman–Crippen LogP) is 4.26. The van der Waals surface area contributed by atoms with Crippen LogP contribution in [0.25, 0.3) is 0 Å². The molecule has 1 saturated heterocycles. The molecule has 138 valence electrons. The number of carbonyl (C=O) groups is 1. The monoisotopic (exact) mass is 380 g/mol. The summed E-state index contributed by atoms with van der Waals surface area (Å²) < 4.78 is 37.4. The van der Waals surface area contributed by atoms with Crippen molar-refractivity contribution in [3.8, 4) is 11.5 Å². The third-order valence-corrected chi connectivity index (χ3v) is 5.24. The van der Waals surface area contributed by atoms with E-state index in [0.717, 1.165) is 23.4 Å². The molecule has 1 N–H and O–H groups in total. The van der Waals surface area contributed by atoms with Gasteiger partial charge in [0.25, 0.3) is 0 Å². The molecule has 0 bridgehead atoms. The van der Waals surface area contributed by atoms with Gasteiger partial charge in [0.1, 0.15) is 28.5 Å². The zero-order valence-corrected chi connectivity index (χ0v) is 15.1. The molecule has 0 aromatic heterocycles. The highest BCUT2D eigenvalue weighted by Crippen LogP contribution is 2.40. The number of nitrogens with zero attached hydrogens (tertiary/aromatic N) is 1. The van der Waals surface area contributed by atoms with E-state index in [-0.39, 0.29) is 11.1 Å². The maximum atomic E-state index is 13.8. The molecule has 5 nitrogen and oxygen atoms in total. The lowest BCUT2D eigenvalue weighted by molar-refractivity contribution is 0.214. The van der Waals surface area contributed by atoms with Crippen LogP contribution in [0, 0.1) is 11.6 Å². The third-order valence-electron chi connectivity index (χ3n) is 3.98. The van der Waals surface area contributed by atoms with E-state index in [1.165, 1.54) is 6.07 Å². The third kappa shape index (κ3) is 3.85. The van der Waals surface area contributed by atoms with E-state index in [2.05, 4.69) is 5.32 Å². The van der Waals surface area contributed by atoms with E-state index >= 15 is 0 Å². The SMILES string of the molecule is COc1cc(OC)cc(C2SCCN2C(=O)Nc2ccc(F)cc2F)c1. The van der Waals surface area contributed by atoms with Gasteiger partial charge in [-0.3, -0.25) is 0 Å². The van der Waals surface area contributed by atoms with Gasteiger partial charge in [-0.2, -0.15) is 0 Å². The van der Waals surface area contributed by atoms with Gasteiger partial charge in [-0.1, -0.05) is 0 Å². The van der Waals surface area contributed by atoms with E-state index < -0.39 is 17.7 Å². The van der Waals surface area contributed by atoms with Crippen molar-refractivity contribution >= 4 is 23.5 Å². The number of amides is 2. The number of rotatable bonds is 4. The van der Waals surface area contributed by atoms with Crippen LogP contribution in [0.5, 0.6) is 11.5 Å². The van der Waals surface area contributed by atoms with Crippen LogP contribution in [0.1, 0.15) is 10.9 Å². The van der Waals surface area contributed by atoms with E-state index in [1.807, 2.05) is 12.1 Å². The van der Waals surface area contributed by atoms with Gasteiger partial charge in [-0.15, -0.1) is 11.8 Å². The Hall–Kier alpha value is -2.48. The number of benzene rings is 2. The number of nitrogens with one attached hydrogen (secondary N) is 1. The average Bonchev–Trinajstić information content (AvgIpc) is 3.13. The molecule has 0 spiro atoms. The fourth-order valence-corrected chi connectivity index (χ4v) is 3.94. The summed E-state index contributed by atoms with van der Waals surface area (Å²) in [6.45, 7) is 0.503. The molecule has 2 aromatic carbocycles. The second-order valence-corrected chi connectivity index (χ2v) is 6.80. The normalized spacial score (nSPS) is 16.5. The Bertz CT molecular complexity index is 797. The molecular weight excluding hydrogens is 362 g/mol. The standard InChI is InChI=1S/C18H18F2N2O3S/c1-24-13-7-11(8-14(10-13)25-2)17-22(5-6-26-17)18(23)21-16-4-3-12(19)9-15(16)20/h3-4,7-10,17H,5-6H2,1-2H3,(H,21,23). The molecule has 1 unspecified atom stereocenters. The fourth-order valence-electron chi connectivity index (χ4n) is 2.70. The largest absolute Gasteiger partial charge is 0.497 e. The van der Waals surface area contributed by atoms with Gasteiger partial charge in [0.15, 0.2) is 0 Å². The molecule has 8 heteroatoms. The summed E-state index contributed by atoms with van der Waals surface area (Å²) in [6.07, 6.45) is 0. The number of hydrogen-bond donors (Lipinski definition) is 1. The van der Waals surface area contributed by atoms with Gasteiger partial charge in [0, 0.05) is 24.4 Å².